The van der Waals surface area contributed by atoms with Crippen molar-refractivity contribution in [2.24, 2.45) is 5.10 Å². The second-order valence-electron chi connectivity index (χ2n) is 7.02. The summed E-state index contributed by atoms with van der Waals surface area (Å²) in [7, 11) is 0. The summed E-state index contributed by atoms with van der Waals surface area (Å²) in [5.41, 5.74) is 4.66. The maximum absolute atomic E-state index is 12.2. The SMILES string of the molecule is CCc1ccccc1NC(=O)C(=O)N/N=C\c1ccccc1OCC(=O)Nc1ccccc1Cl. The zero-order chi connectivity index (χ0) is 24.3. The van der Waals surface area contributed by atoms with Crippen molar-refractivity contribution in [1.82, 2.24) is 5.43 Å². The van der Waals surface area contributed by atoms with E-state index < -0.39 is 17.7 Å². The molecule has 8 nitrogen and oxygen atoms in total. The van der Waals surface area contributed by atoms with Gasteiger partial charge in [0.25, 0.3) is 5.91 Å². The molecule has 0 saturated carbocycles. The number of para-hydroxylation sites is 3. The van der Waals surface area contributed by atoms with E-state index in [2.05, 4.69) is 21.2 Å². The number of carbonyl (C=O) groups is 3. The number of ether oxygens (including phenoxy) is 1. The zero-order valence-electron chi connectivity index (χ0n) is 18.4. The third-order valence-corrected chi connectivity index (χ3v) is 4.98. The summed E-state index contributed by atoms with van der Waals surface area (Å²) in [5.74, 6) is -1.77. The van der Waals surface area contributed by atoms with Gasteiger partial charge in [-0.15, -0.1) is 0 Å². The van der Waals surface area contributed by atoms with Gasteiger partial charge in [0.15, 0.2) is 6.61 Å². The molecule has 0 fully saturated rings. The maximum atomic E-state index is 12.2. The molecule has 0 atom stereocenters. The van der Waals surface area contributed by atoms with Crippen LogP contribution in [0.3, 0.4) is 0 Å². The Morgan fingerprint density at radius 1 is 0.882 bits per heavy atom. The fourth-order valence-corrected chi connectivity index (χ4v) is 3.13. The maximum Gasteiger partial charge on any atom is 0.329 e. The topological polar surface area (TPSA) is 109 Å². The molecule has 0 aliphatic rings. The lowest BCUT2D eigenvalue weighted by Crippen LogP contribution is -2.32. The first kappa shape index (κ1) is 24.5. The van der Waals surface area contributed by atoms with Crippen LogP contribution in [-0.2, 0) is 20.8 Å². The average molecular weight is 479 g/mol. The van der Waals surface area contributed by atoms with Gasteiger partial charge in [-0.2, -0.15) is 5.10 Å². The van der Waals surface area contributed by atoms with E-state index in [-0.39, 0.29) is 6.61 Å². The molecule has 3 amide bonds. The molecule has 34 heavy (non-hydrogen) atoms. The highest BCUT2D eigenvalue weighted by Crippen LogP contribution is 2.21. The van der Waals surface area contributed by atoms with Crippen LogP contribution in [0.4, 0.5) is 11.4 Å². The van der Waals surface area contributed by atoms with Gasteiger partial charge in [-0.1, -0.05) is 61.0 Å². The third-order valence-electron chi connectivity index (χ3n) is 4.65. The monoisotopic (exact) mass is 478 g/mol. The highest BCUT2D eigenvalue weighted by Gasteiger charge is 2.14. The molecule has 0 aliphatic carbocycles. The van der Waals surface area contributed by atoms with Crippen LogP contribution >= 0.6 is 11.6 Å². The quantitative estimate of drug-likeness (QED) is 0.258. The summed E-state index contributed by atoms with van der Waals surface area (Å²) >= 11 is 6.04. The number of halogens is 1. The van der Waals surface area contributed by atoms with E-state index in [4.69, 9.17) is 16.3 Å². The Kier molecular flexibility index (Phi) is 8.76. The van der Waals surface area contributed by atoms with Gasteiger partial charge in [-0.05, 0) is 42.3 Å². The van der Waals surface area contributed by atoms with Crippen LogP contribution in [0.5, 0.6) is 5.75 Å². The Bertz CT molecular complexity index is 1210. The summed E-state index contributed by atoms with van der Waals surface area (Å²) in [6, 6.07) is 20.9. The molecule has 174 valence electrons. The first-order chi connectivity index (χ1) is 16.5. The predicted octanol–water partition coefficient (Wildman–Crippen LogP) is 4.01. The van der Waals surface area contributed by atoms with Crippen LogP contribution in [0.2, 0.25) is 5.02 Å². The second kappa shape index (κ2) is 12.2. The summed E-state index contributed by atoms with van der Waals surface area (Å²) in [4.78, 5) is 36.5. The van der Waals surface area contributed by atoms with E-state index >= 15 is 0 Å². The summed E-state index contributed by atoms with van der Waals surface area (Å²) in [6.07, 6.45) is 2.04. The zero-order valence-corrected chi connectivity index (χ0v) is 19.1. The molecule has 0 radical (unpaired) electrons. The molecule has 3 aromatic rings. The van der Waals surface area contributed by atoms with E-state index in [1.54, 1.807) is 60.7 Å². The molecule has 0 unspecified atom stereocenters. The third kappa shape index (κ3) is 6.91. The van der Waals surface area contributed by atoms with E-state index in [0.717, 1.165) is 5.56 Å². The predicted molar refractivity (Wildman–Crippen MR) is 132 cm³/mol. The van der Waals surface area contributed by atoms with Crippen molar-refractivity contribution in [1.29, 1.82) is 0 Å². The van der Waals surface area contributed by atoms with Gasteiger partial charge < -0.3 is 15.4 Å². The van der Waals surface area contributed by atoms with Gasteiger partial charge in [-0.25, -0.2) is 5.43 Å². The number of amides is 3. The minimum atomic E-state index is -0.917. The highest BCUT2D eigenvalue weighted by atomic mass is 35.5. The van der Waals surface area contributed by atoms with Gasteiger partial charge in [0, 0.05) is 11.3 Å². The first-order valence-corrected chi connectivity index (χ1v) is 10.8. The molecule has 9 heteroatoms. The first-order valence-electron chi connectivity index (χ1n) is 10.5. The van der Waals surface area contributed by atoms with Crippen molar-refractivity contribution in [2.75, 3.05) is 17.2 Å². The number of rotatable bonds is 8. The number of anilines is 2. The van der Waals surface area contributed by atoms with Gasteiger partial charge in [-0.3, -0.25) is 14.4 Å². The average Bonchev–Trinajstić information content (AvgIpc) is 2.85. The van der Waals surface area contributed by atoms with E-state index in [1.165, 1.54) is 6.21 Å². The highest BCUT2D eigenvalue weighted by molar-refractivity contribution is 6.39. The van der Waals surface area contributed by atoms with Crippen LogP contribution in [0.1, 0.15) is 18.1 Å². The summed E-state index contributed by atoms with van der Waals surface area (Å²) in [6.45, 7) is 1.69. The van der Waals surface area contributed by atoms with Crippen LogP contribution in [-0.4, -0.2) is 30.5 Å². The van der Waals surface area contributed by atoms with Crippen molar-refractivity contribution in [3.63, 3.8) is 0 Å². The normalized spacial score (nSPS) is 10.5. The number of carbonyl (C=O) groups excluding carboxylic acids is 3. The Balaban J connectivity index is 1.55. The lowest BCUT2D eigenvalue weighted by atomic mass is 10.1. The minimum Gasteiger partial charge on any atom is -0.483 e. The largest absolute Gasteiger partial charge is 0.483 e. The van der Waals surface area contributed by atoms with Crippen molar-refractivity contribution in [2.45, 2.75) is 13.3 Å². The van der Waals surface area contributed by atoms with Gasteiger partial charge in [0.1, 0.15) is 5.75 Å². The lowest BCUT2D eigenvalue weighted by molar-refractivity contribution is -0.136. The van der Waals surface area contributed by atoms with Crippen LogP contribution in [0.15, 0.2) is 77.9 Å². The van der Waals surface area contributed by atoms with E-state index in [0.29, 0.717) is 34.1 Å². The van der Waals surface area contributed by atoms with Crippen molar-refractivity contribution in [3.05, 3.63) is 88.9 Å². The fraction of sp³-hybridized carbons (Fsp3) is 0.120. The van der Waals surface area contributed by atoms with Gasteiger partial charge in [0.2, 0.25) is 0 Å². The van der Waals surface area contributed by atoms with Crippen LogP contribution < -0.4 is 20.8 Å². The number of nitrogens with zero attached hydrogens (tertiary/aromatic N) is 1. The number of hydrazone groups is 1. The molecule has 3 rings (SSSR count). The second-order valence-corrected chi connectivity index (χ2v) is 7.43. The molecular weight excluding hydrogens is 456 g/mol. The van der Waals surface area contributed by atoms with Gasteiger partial charge in [0.05, 0.1) is 16.9 Å². The van der Waals surface area contributed by atoms with Crippen molar-refractivity contribution >= 4 is 46.9 Å². The van der Waals surface area contributed by atoms with E-state index in [1.807, 2.05) is 19.1 Å². The number of hydrogen-bond donors (Lipinski definition) is 3. The lowest BCUT2D eigenvalue weighted by Gasteiger charge is -2.10. The number of benzene rings is 3. The molecule has 0 aliphatic heterocycles. The molecular formula is C25H23ClN4O4. The smallest absolute Gasteiger partial charge is 0.329 e. The van der Waals surface area contributed by atoms with E-state index in [9.17, 15) is 14.4 Å². The standard InChI is InChI=1S/C25H23ClN4O4/c1-2-17-9-3-6-12-20(17)29-24(32)25(33)30-27-15-18-10-4-8-14-22(18)34-16-23(31)28-21-13-7-5-11-19(21)26/h3-15H,2,16H2,1H3,(H,28,31)(H,29,32)(H,30,33)/b27-15-. The minimum absolute atomic E-state index is 0.262. The van der Waals surface area contributed by atoms with Crippen molar-refractivity contribution in [3.8, 4) is 5.75 Å². The molecule has 0 aromatic heterocycles. The Hall–Kier alpha value is -4.17. The molecule has 0 spiro atoms. The number of aryl methyl sites for hydroxylation is 1. The number of nitrogens with one attached hydrogen (secondary N) is 3. The molecule has 0 heterocycles. The van der Waals surface area contributed by atoms with Crippen molar-refractivity contribution < 1.29 is 19.1 Å². The van der Waals surface area contributed by atoms with Gasteiger partial charge >= 0.3 is 11.8 Å². The Morgan fingerprint density at radius 3 is 2.32 bits per heavy atom. The molecule has 3 aromatic carbocycles. The molecule has 0 bridgehead atoms. The summed E-state index contributed by atoms with van der Waals surface area (Å²) in [5, 5.41) is 9.49. The molecule has 0 saturated heterocycles. The summed E-state index contributed by atoms with van der Waals surface area (Å²) < 4.78 is 5.58. The van der Waals surface area contributed by atoms with Crippen LogP contribution in [0.25, 0.3) is 0 Å². The molecule has 3 N–H and O–H groups in total. The Morgan fingerprint density at radius 2 is 1.56 bits per heavy atom. The number of hydrogen-bond acceptors (Lipinski definition) is 5. The van der Waals surface area contributed by atoms with Crippen LogP contribution in [0, 0.1) is 0 Å². The Labute approximate surface area is 202 Å². The fourth-order valence-electron chi connectivity index (χ4n) is 2.95.